The quantitative estimate of drug-likeness (QED) is 0.912. The Balaban J connectivity index is 1.34. The van der Waals surface area contributed by atoms with Gasteiger partial charge >= 0.3 is 0 Å². The highest BCUT2D eigenvalue weighted by molar-refractivity contribution is 7.89. The largest absolute Gasteiger partial charge is 0.334 e. The first-order valence-corrected chi connectivity index (χ1v) is 9.84. The van der Waals surface area contributed by atoms with E-state index in [1.165, 1.54) is 11.1 Å². The highest BCUT2D eigenvalue weighted by Gasteiger charge is 2.29. The number of nitrogens with one attached hydrogen (secondary N) is 1. The first-order valence-electron chi connectivity index (χ1n) is 8.18. The maximum atomic E-state index is 12.4. The Morgan fingerprint density at radius 3 is 2.70 bits per heavy atom. The van der Waals surface area contributed by atoms with Gasteiger partial charge in [0.2, 0.25) is 10.0 Å². The SMILES string of the molecule is O=S(=O)(CCC1Cc2ccccc2C1)NC1CCn2ccnc21. The van der Waals surface area contributed by atoms with Gasteiger partial charge in [0.1, 0.15) is 5.82 Å². The standard InChI is InChI=1S/C17H21N3O2S/c21-23(22,19-16-5-8-20-9-7-18-17(16)20)10-6-13-11-14-3-1-2-4-15(14)12-13/h1-4,7,9,13,16,19H,5-6,8,10-12H2. The third-order valence-corrected chi connectivity index (χ3v) is 6.39. The molecule has 2 heterocycles. The van der Waals surface area contributed by atoms with Gasteiger partial charge in [0, 0.05) is 18.9 Å². The van der Waals surface area contributed by atoms with Crippen molar-refractivity contribution in [3.05, 3.63) is 53.6 Å². The number of nitrogens with zero attached hydrogens (tertiary/aromatic N) is 2. The fourth-order valence-corrected chi connectivity index (χ4v) is 5.20. The van der Waals surface area contributed by atoms with E-state index in [4.69, 9.17) is 0 Å². The number of imidazole rings is 1. The molecular formula is C17H21N3O2S. The molecule has 0 saturated heterocycles. The first kappa shape index (κ1) is 14.9. The van der Waals surface area contributed by atoms with Crippen molar-refractivity contribution in [2.75, 3.05) is 5.75 Å². The number of rotatable bonds is 5. The van der Waals surface area contributed by atoms with Crippen LogP contribution in [0.1, 0.15) is 35.8 Å². The molecule has 1 aromatic carbocycles. The normalized spacial score (nSPS) is 20.6. The number of hydrogen-bond donors (Lipinski definition) is 1. The zero-order valence-corrected chi connectivity index (χ0v) is 13.8. The van der Waals surface area contributed by atoms with Crippen molar-refractivity contribution in [1.82, 2.24) is 14.3 Å². The average molecular weight is 331 g/mol. The summed E-state index contributed by atoms with van der Waals surface area (Å²) in [6.07, 6.45) is 7.13. The van der Waals surface area contributed by atoms with Crippen molar-refractivity contribution in [2.24, 2.45) is 5.92 Å². The maximum Gasteiger partial charge on any atom is 0.212 e. The van der Waals surface area contributed by atoms with Gasteiger partial charge in [-0.25, -0.2) is 18.1 Å². The fourth-order valence-electron chi connectivity index (χ4n) is 3.78. The summed E-state index contributed by atoms with van der Waals surface area (Å²) in [5.41, 5.74) is 2.75. The third-order valence-electron chi connectivity index (χ3n) is 4.97. The van der Waals surface area contributed by atoms with Crippen LogP contribution < -0.4 is 4.72 Å². The Morgan fingerprint density at radius 1 is 1.22 bits per heavy atom. The molecule has 6 heteroatoms. The zero-order valence-electron chi connectivity index (χ0n) is 13.0. The van der Waals surface area contributed by atoms with Crippen LogP contribution in [-0.4, -0.2) is 23.7 Å². The highest BCUT2D eigenvalue weighted by atomic mass is 32.2. The monoisotopic (exact) mass is 331 g/mol. The molecule has 1 unspecified atom stereocenters. The Kier molecular flexibility index (Phi) is 3.73. The molecule has 4 rings (SSSR count). The predicted molar refractivity (Wildman–Crippen MR) is 88.5 cm³/mol. The zero-order chi connectivity index (χ0) is 15.9. The molecule has 23 heavy (non-hydrogen) atoms. The Labute approximate surface area is 136 Å². The minimum atomic E-state index is -3.26. The molecule has 0 amide bonds. The van der Waals surface area contributed by atoms with Gasteiger partial charge in [-0.3, -0.25) is 0 Å². The number of benzene rings is 1. The molecule has 0 saturated carbocycles. The fraction of sp³-hybridized carbons (Fsp3) is 0.471. The molecule has 1 aliphatic carbocycles. The Morgan fingerprint density at radius 2 is 1.96 bits per heavy atom. The number of aromatic nitrogens is 2. The summed E-state index contributed by atoms with van der Waals surface area (Å²) in [6, 6.07) is 8.25. The molecule has 0 radical (unpaired) electrons. The second kappa shape index (κ2) is 5.76. The molecule has 2 aromatic rings. The molecule has 1 atom stereocenters. The van der Waals surface area contributed by atoms with E-state index in [0.29, 0.717) is 12.3 Å². The summed E-state index contributed by atoms with van der Waals surface area (Å²) in [5, 5.41) is 0. The van der Waals surface area contributed by atoms with Crippen LogP contribution in [0, 0.1) is 5.92 Å². The van der Waals surface area contributed by atoms with Crippen LogP contribution in [0.5, 0.6) is 0 Å². The Bertz CT molecular complexity index is 788. The lowest BCUT2D eigenvalue weighted by Gasteiger charge is -2.14. The molecule has 0 spiro atoms. The Hall–Kier alpha value is -1.66. The van der Waals surface area contributed by atoms with E-state index in [-0.39, 0.29) is 11.8 Å². The minimum Gasteiger partial charge on any atom is -0.334 e. The molecule has 5 nitrogen and oxygen atoms in total. The molecule has 122 valence electrons. The summed E-state index contributed by atoms with van der Waals surface area (Å²) in [7, 11) is -3.26. The number of fused-ring (bicyclic) bond motifs is 2. The summed E-state index contributed by atoms with van der Waals surface area (Å²) in [6.45, 7) is 0.834. The summed E-state index contributed by atoms with van der Waals surface area (Å²) in [4.78, 5) is 4.26. The lowest BCUT2D eigenvalue weighted by Crippen LogP contribution is -2.30. The molecule has 2 aliphatic rings. The van der Waals surface area contributed by atoms with E-state index < -0.39 is 10.0 Å². The van der Waals surface area contributed by atoms with Gasteiger partial charge in [0.05, 0.1) is 11.8 Å². The van der Waals surface area contributed by atoms with Crippen molar-refractivity contribution >= 4 is 10.0 Å². The van der Waals surface area contributed by atoms with Gasteiger partial charge in [-0.2, -0.15) is 0 Å². The molecule has 0 bridgehead atoms. The molecule has 1 aromatic heterocycles. The molecule has 1 aliphatic heterocycles. The van der Waals surface area contributed by atoms with E-state index in [0.717, 1.165) is 31.6 Å². The summed E-state index contributed by atoms with van der Waals surface area (Å²) in [5.74, 6) is 1.47. The van der Waals surface area contributed by atoms with Gasteiger partial charge in [0.15, 0.2) is 0 Å². The second-order valence-electron chi connectivity index (χ2n) is 6.59. The van der Waals surface area contributed by atoms with Crippen LogP contribution >= 0.6 is 0 Å². The highest BCUT2D eigenvalue weighted by Crippen LogP contribution is 2.29. The maximum absolute atomic E-state index is 12.4. The lowest BCUT2D eigenvalue weighted by molar-refractivity contribution is 0.515. The average Bonchev–Trinajstić information content (AvgIpc) is 3.21. The van der Waals surface area contributed by atoms with E-state index in [1.807, 2.05) is 10.8 Å². The van der Waals surface area contributed by atoms with E-state index in [2.05, 4.69) is 34.0 Å². The summed E-state index contributed by atoms with van der Waals surface area (Å²) >= 11 is 0. The van der Waals surface area contributed by atoms with Gasteiger partial charge < -0.3 is 4.57 Å². The van der Waals surface area contributed by atoms with Crippen LogP contribution in [0.2, 0.25) is 0 Å². The third kappa shape index (κ3) is 3.05. The predicted octanol–water partition coefficient (Wildman–Crippen LogP) is 2.05. The van der Waals surface area contributed by atoms with Gasteiger partial charge in [0.25, 0.3) is 0 Å². The van der Waals surface area contributed by atoms with Crippen LogP contribution in [0.4, 0.5) is 0 Å². The van der Waals surface area contributed by atoms with Gasteiger partial charge in [-0.15, -0.1) is 0 Å². The first-order chi connectivity index (χ1) is 11.1. The second-order valence-corrected chi connectivity index (χ2v) is 8.46. The van der Waals surface area contributed by atoms with Crippen LogP contribution in [-0.2, 0) is 29.4 Å². The van der Waals surface area contributed by atoms with Crippen LogP contribution in [0.3, 0.4) is 0 Å². The van der Waals surface area contributed by atoms with Crippen molar-refractivity contribution in [2.45, 2.75) is 38.3 Å². The van der Waals surface area contributed by atoms with Crippen LogP contribution in [0.25, 0.3) is 0 Å². The van der Waals surface area contributed by atoms with E-state index in [1.54, 1.807) is 6.20 Å². The minimum absolute atomic E-state index is 0.171. The number of sulfonamides is 1. The molecule has 0 fully saturated rings. The van der Waals surface area contributed by atoms with Gasteiger partial charge in [-0.05, 0) is 42.7 Å². The van der Waals surface area contributed by atoms with Crippen molar-refractivity contribution in [3.8, 4) is 0 Å². The number of hydrogen-bond acceptors (Lipinski definition) is 3. The van der Waals surface area contributed by atoms with Crippen LogP contribution in [0.15, 0.2) is 36.7 Å². The number of aryl methyl sites for hydroxylation is 1. The van der Waals surface area contributed by atoms with Crippen molar-refractivity contribution in [3.63, 3.8) is 0 Å². The van der Waals surface area contributed by atoms with Gasteiger partial charge in [-0.1, -0.05) is 24.3 Å². The summed E-state index contributed by atoms with van der Waals surface area (Å²) < 4.78 is 29.6. The topological polar surface area (TPSA) is 64.0 Å². The molecular weight excluding hydrogens is 310 g/mol. The van der Waals surface area contributed by atoms with Crippen molar-refractivity contribution in [1.29, 1.82) is 0 Å². The van der Waals surface area contributed by atoms with E-state index in [9.17, 15) is 8.42 Å². The molecule has 1 N–H and O–H groups in total. The van der Waals surface area contributed by atoms with Crippen molar-refractivity contribution < 1.29 is 8.42 Å². The van der Waals surface area contributed by atoms with E-state index >= 15 is 0 Å². The lowest BCUT2D eigenvalue weighted by atomic mass is 10.0. The smallest absolute Gasteiger partial charge is 0.212 e.